The van der Waals surface area contributed by atoms with Gasteiger partial charge in [-0.25, -0.2) is 9.78 Å². The van der Waals surface area contributed by atoms with E-state index in [-0.39, 0.29) is 11.5 Å². The van der Waals surface area contributed by atoms with Gasteiger partial charge in [0, 0.05) is 11.6 Å². The highest BCUT2D eigenvalue weighted by Gasteiger charge is 2.45. The van der Waals surface area contributed by atoms with E-state index in [9.17, 15) is 4.79 Å². The van der Waals surface area contributed by atoms with Gasteiger partial charge in [-0.05, 0) is 54.5 Å². The fraction of sp³-hybridized carbons (Fsp3) is 0.238. The zero-order chi connectivity index (χ0) is 17.4. The van der Waals surface area contributed by atoms with Crippen molar-refractivity contribution in [2.45, 2.75) is 25.3 Å². The molecule has 1 aliphatic carbocycles. The number of pyridine rings is 1. The highest BCUT2D eigenvalue weighted by atomic mass is 16.5. The molecular weight excluding hydrogens is 312 g/mol. The molecular formula is C21H20N2O2. The first-order valence-corrected chi connectivity index (χ1v) is 8.44. The first-order valence-electron chi connectivity index (χ1n) is 8.44. The molecule has 1 aromatic heterocycles. The zero-order valence-electron chi connectivity index (χ0n) is 14.4. The summed E-state index contributed by atoms with van der Waals surface area (Å²) in [6.45, 7) is 2.11. The number of anilines is 1. The maximum Gasteiger partial charge on any atom is 0.337 e. The van der Waals surface area contributed by atoms with Crippen LogP contribution in [0.4, 0.5) is 5.82 Å². The number of carbonyl (C=O) groups excluding carboxylic acids is 1. The van der Waals surface area contributed by atoms with Crippen molar-refractivity contribution in [3.63, 3.8) is 0 Å². The van der Waals surface area contributed by atoms with Crippen LogP contribution in [0.25, 0.3) is 10.8 Å². The summed E-state index contributed by atoms with van der Waals surface area (Å²) in [5.41, 5.74) is 2.86. The van der Waals surface area contributed by atoms with Gasteiger partial charge in [0.05, 0.1) is 18.2 Å². The van der Waals surface area contributed by atoms with Gasteiger partial charge in [-0.15, -0.1) is 0 Å². The predicted molar refractivity (Wildman–Crippen MR) is 98.8 cm³/mol. The molecule has 1 heterocycles. The third-order valence-corrected chi connectivity index (χ3v) is 4.97. The van der Waals surface area contributed by atoms with Gasteiger partial charge in [0.25, 0.3) is 0 Å². The standard InChI is InChI=1S/C21H20N2O2/c1-14-4-3-5-15-10-13-22-19(18(14)15)23-21(11-12-21)17-8-6-16(7-9-17)20(24)25-2/h3-10,13H,11-12H2,1-2H3,(H,22,23). The Morgan fingerprint density at radius 1 is 1.12 bits per heavy atom. The van der Waals surface area contributed by atoms with Crippen molar-refractivity contribution in [1.29, 1.82) is 0 Å². The molecule has 4 rings (SSSR count). The second-order valence-electron chi connectivity index (χ2n) is 6.61. The smallest absolute Gasteiger partial charge is 0.337 e. The maximum atomic E-state index is 11.6. The number of ether oxygens (including phenoxy) is 1. The number of methoxy groups -OCH3 is 1. The quantitative estimate of drug-likeness (QED) is 0.718. The summed E-state index contributed by atoms with van der Waals surface area (Å²) in [5.74, 6) is 0.612. The SMILES string of the molecule is COC(=O)c1ccc(C2(Nc3nccc4cccc(C)c34)CC2)cc1. The highest BCUT2D eigenvalue weighted by Crippen LogP contribution is 2.48. The zero-order valence-corrected chi connectivity index (χ0v) is 14.4. The van der Waals surface area contributed by atoms with E-state index < -0.39 is 0 Å². The van der Waals surface area contributed by atoms with E-state index in [0.717, 1.165) is 18.7 Å². The largest absolute Gasteiger partial charge is 0.465 e. The lowest BCUT2D eigenvalue weighted by molar-refractivity contribution is 0.0600. The predicted octanol–water partition coefficient (Wildman–Crippen LogP) is 4.43. The highest BCUT2D eigenvalue weighted by molar-refractivity contribution is 5.95. The van der Waals surface area contributed by atoms with E-state index in [1.807, 2.05) is 36.5 Å². The summed E-state index contributed by atoms with van der Waals surface area (Å²) >= 11 is 0. The molecule has 3 aromatic rings. The molecule has 0 unspecified atom stereocenters. The van der Waals surface area contributed by atoms with Gasteiger partial charge >= 0.3 is 5.97 Å². The number of carbonyl (C=O) groups is 1. The molecule has 4 heteroatoms. The van der Waals surface area contributed by atoms with Crippen LogP contribution in [0, 0.1) is 6.92 Å². The van der Waals surface area contributed by atoms with Crippen LogP contribution in [-0.4, -0.2) is 18.1 Å². The lowest BCUT2D eigenvalue weighted by atomic mass is 10.0. The van der Waals surface area contributed by atoms with E-state index in [1.54, 1.807) is 0 Å². The minimum atomic E-state index is -0.310. The van der Waals surface area contributed by atoms with Crippen molar-refractivity contribution in [2.24, 2.45) is 0 Å². The van der Waals surface area contributed by atoms with Gasteiger partial charge in [0.15, 0.2) is 0 Å². The molecule has 0 radical (unpaired) electrons. The maximum absolute atomic E-state index is 11.6. The molecule has 25 heavy (non-hydrogen) atoms. The van der Waals surface area contributed by atoms with Gasteiger partial charge < -0.3 is 10.1 Å². The summed E-state index contributed by atoms with van der Waals surface area (Å²) in [5, 5.41) is 6.02. The van der Waals surface area contributed by atoms with Crippen molar-refractivity contribution >= 4 is 22.6 Å². The minimum Gasteiger partial charge on any atom is -0.465 e. The average molecular weight is 332 g/mol. The van der Waals surface area contributed by atoms with Crippen LogP contribution in [0.2, 0.25) is 0 Å². The Balaban J connectivity index is 1.68. The van der Waals surface area contributed by atoms with Crippen LogP contribution in [0.3, 0.4) is 0 Å². The van der Waals surface area contributed by atoms with Gasteiger partial charge in [0.2, 0.25) is 0 Å². The molecule has 0 amide bonds. The molecule has 1 N–H and O–H groups in total. The van der Waals surface area contributed by atoms with E-state index >= 15 is 0 Å². The third-order valence-electron chi connectivity index (χ3n) is 4.97. The average Bonchev–Trinajstić information content (AvgIpc) is 3.42. The first-order chi connectivity index (χ1) is 12.1. The molecule has 0 saturated heterocycles. The summed E-state index contributed by atoms with van der Waals surface area (Å²) in [6.07, 6.45) is 3.95. The number of benzene rings is 2. The Morgan fingerprint density at radius 3 is 2.56 bits per heavy atom. The third kappa shape index (κ3) is 2.74. The van der Waals surface area contributed by atoms with Crippen LogP contribution >= 0.6 is 0 Å². The van der Waals surface area contributed by atoms with E-state index in [4.69, 9.17) is 4.74 Å². The number of rotatable bonds is 4. The summed E-state index contributed by atoms with van der Waals surface area (Å²) < 4.78 is 4.77. The van der Waals surface area contributed by atoms with Crippen LogP contribution in [0.1, 0.15) is 34.3 Å². The molecule has 126 valence electrons. The van der Waals surface area contributed by atoms with Gasteiger partial charge in [-0.3, -0.25) is 0 Å². The number of nitrogens with one attached hydrogen (secondary N) is 1. The molecule has 0 bridgehead atoms. The lowest BCUT2D eigenvalue weighted by Crippen LogP contribution is -2.20. The van der Waals surface area contributed by atoms with Crippen molar-refractivity contribution in [3.05, 3.63) is 71.4 Å². The van der Waals surface area contributed by atoms with Gasteiger partial charge in [-0.1, -0.05) is 30.3 Å². The second kappa shape index (κ2) is 5.88. The number of hydrogen-bond donors (Lipinski definition) is 1. The molecule has 0 atom stereocenters. The number of nitrogens with zero attached hydrogens (tertiary/aromatic N) is 1. The fourth-order valence-corrected chi connectivity index (χ4v) is 3.38. The monoisotopic (exact) mass is 332 g/mol. The molecule has 1 aliphatic rings. The fourth-order valence-electron chi connectivity index (χ4n) is 3.38. The van der Waals surface area contributed by atoms with Crippen molar-refractivity contribution in [1.82, 2.24) is 4.98 Å². The van der Waals surface area contributed by atoms with Crippen LogP contribution in [-0.2, 0) is 10.3 Å². The first kappa shape index (κ1) is 15.6. The van der Waals surface area contributed by atoms with E-state index in [1.165, 1.54) is 29.0 Å². The summed E-state index contributed by atoms with van der Waals surface area (Å²) in [4.78, 5) is 16.2. The Bertz CT molecular complexity index is 939. The second-order valence-corrected chi connectivity index (χ2v) is 6.61. The Kier molecular flexibility index (Phi) is 3.68. The number of aromatic nitrogens is 1. The number of fused-ring (bicyclic) bond motifs is 1. The molecule has 2 aromatic carbocycles. The van der Waals surface area contributed by atoms with Crippen molar-refractivity contribution in [3.8, 4) is 0 Å². The van der Waals surface area contributed by atoms with E-state index in [0.29, 0.717) is 5.56 Å². The Labute approximate surface area is 146 Å². The molecule has 1 fully saturated rings. The van der Waals surface area contributed by atoms with Gasteiger partial charge in [-0.2, -0.15) is 0 Å². The van der Waals surface area contributed by atoms with Crippen LogP contribution in [0.15, 0.2) is 54.7 Å². The van der Waals surface area contributed by atoms with Crippen LogP contribution < -0.4 is 5.32 Å². The minimum absolute atomic E-state index is 0.0990. The molecule has 0 spiro atoms. The topological polar surface area (TPSA) is 51.2 Å². The Morgan fingerprint density at radius 2 is 1.88 bits per heavy atom. The number of aryl methyl sites for hydroxylation is 1. The Hall–Kier alpha value is -2.88. The van der Waals surface area contributed by atoms with Crippen LogP contribution in [0.5, 0.6) is 0 Å². The van der Waals surface area contributed by atoms with Crippen molar-refractivity contribution in [2.75, 3.05) is 12.4 Å². The van der Waals surface area contributed by atoms with E-state index in [2.05, 4.69) is 35.4 Å². The lowest BCUT2D eigenvalue weighted by Gasteiger charge is -2.20. The molecule has 4 nitrogen and oxygen atoms in total. The number of esters is 1. The summed E-state index contributed by atoms with van der Waals surface area (Å²) in [7, 11) is 1.40. The van der Waals surface area contributed by atoms with Crippen molar-refractivity contribution < 1.29 is 9.53 Å². The number of hydrogen-bond acceptors (Lipinski definition) is 4. The van der Waals surface area contributed by atoms with Gasteiger partial charge in [0.1, 0.15) is 5.82 Å². The summed E-state index contributed by atoms with van der Waals surface area (Å²) in [6, 6.07) is 16.0. The molecule has 1 saturated carbocycles. The normalized spacial score (nSPS) is 15.0. The molecule has 0 aliphatic heterocycles.